The average Bonchev–Trinajstić information content (AvgIpc) is 2.32. The lowest BCUT2D eigenvalue weighted by molar-refractivity contribution is 0.407. The van der Waals surface area contributed by atoms with Crippen molar-refractivity contribution in [3.63, 3.8) is 0 Å². The van der Waals surface area contributed by atoms with Crippen LogP contribution in [0.25, 0.3) is 6.08 Å². The predicted octanol–water partition coefficient (Wildman–Crippen LogP) is 3.33. The van der Waals surface area contributed by atoms with E-state index < -0.39 is 0 Å². The minimum atomic E-state index is -0.199. The first-order valence-electron chi connectivity index (χ1n) is 5.45. The third-order valence-electron chi connectivity index (χ3n) is 2.54. The molecule has 0 bridgehead atoms. The Labute approximate surface area is 96.9 Å². The molecule has 2 heteroatoms. The normalized spacial score (nSPS) is 12.7. The summed E-state index contributed by atoms with van der Waals surface area (Å²) < 4.78 is 5.30. The summed E-state index contributed by atoms with van der Waals surface area (Å²) >= 11 is 0. The highest BCUT2D eigenvalue weighted by Crippen LogP contribution is 2.29. The van der Waals surface area contributed by atoms with Crippen LogP contribution in [0.1, 0.15) is 37.3 Å². The number of rotatable bonds is 5. The lowest BCUT2D eigenvalue weighted by Gasteiger charge is -2.13. The fourth-order valence-corrected chi connectivity index (χ4v) is 1.68. The van der Waals surface area contributed by atoms with Crippen LogP contribution >= 0.6 is 0 Å². The fourth-order valence-electron chi connectivity index (χ4n) is 1.68. The summed E-state index contributed by atoms with van der Waals surface area (Å²) in [5, 5.41) is 0. The van der Waals surface area contributed by atoms with E-state index in [2.05, 4.69) is 0 Å². The Balaban J connectivity index is 3.15. The molecule has 0 saturated carbocycles. The van der Waals surface area contributed by atoms with Gasteiger partial charge in [-0.3, -0.25) is 4.79 Å². The van der Waals surface area contributed by atoms with Crippen molar-refractivity contribution >= 4 is 12.4 Å². The SMILES string of the molecule is CC=Cc1ccc(C([C]=O)CC)c(OC)c1. The Hall–Kier alpha value is -1.57. The van der Waals surface area contributed by atoms with Crippen molar-refractivity contribution in [3.05, 3.63) is 35.4 Å². The first kappa shape index (κ1) is 12.5. The molecule has 0 amide bonds. The van der Waals surface area contributed by atoms with Gasteiger partial charge in [0.1, 0.15) is 5.75 Å². The van der Waals surface area contributed by atoms with Crippen molar-refractivity contribution in [1.29, 1.82) is 0 Å². The summed E-state index contributed by atoms with van der Waals surface area (Å²) in [5.74, 6) is 0.556. The zero-order chi connectivity index (χ0) is 12.0. The smallest absolute Gasteiger partial charge is 0.206 e. The van der Waals surface area contributed by atoms with E-state index in [1.807, 2.05) is 50.5 Å². The van der Waals surface area contributed by atoms with Gasteiger partial charge in [0.05, 0.1) is 13.0 Å². The highest BCUT2D eigenvalue weighted by atomic mass is 16.5. The second kappa shape index (κ2) is 6.11. The molecule has 1 rings (SSSR count). The zero-order valence-electron chi connectivity index (χ0n) is 9.99. The molecule has 0 aliphatic rings. The van der Waals surface area contributed by atoms with Crippen molar-refractivity contribution in [1.82, 2.24) is 0 Å². The number of methoxy groups -OCH3 is 1. The van der Waals surface area contributed by atoms with Gasteiger partial charge in [-0.1, -0.05) is 31.2 Å². The molecule has 0 heterocycles. The number of allylic oxidation sites excluding steroid dienone is 1. The molecule has 0 aromatic heterocycles. The molecule has 16 heavy (non-hydrogen) atoms. The lowest BCUT2D eigenvalue weighted by Crippen LogP contribution is -2.01. The van der Waals surface area contributed by atoms with Crippen LogP contribution in [0.15, 0.2) is 24.3 Å². The van der Waals surface area contributed by atoms with Crippen LogP contribution in [0, 0.1) is 0 Å². The van der Waals surface area contributed by atoms with Crippen LogP contribution in [0.5, 0.6) is 5.75 Å². The lowest BCUT2D eigenvalue weighted by atomic mass is 9.96. The van der Waals surface area contributed by atoms with E-state index in [1.165, 1.54) is 0 Å². The number of hydrogen-bond donors (Lipinski definition) is 0. The fraction of sp³-hybridized carbons (Fsp3) is 0.357. The van der Waals surface area contributed by atoms with Gasteiger partial charge >= 0.3 is 0 Å². The highest BCUT2D eigenvalue weighted by Gasteiger charge is 2.14. The number of ether oxygens (including phenoxy) is 1. The number of hydrogen-bond acceptors (Lipinski definition) is 2. The van der Waals surface area contributed by atoms with Crippen molar-refractivity contribution in [3.8, 4) is 5.75 Å². The summed E-state index contributed by atoms with van der Waals surface area (Å²) in [7, 11) is 1.62. The Morgan fingerprint density at radius 3 is 2.75 bits per heavy atom. The van der Waals surface area contributed by atoms with Gasteiger partial charge in [-0.05, 0) is 25.0 Å². The molecule has 0 spiro atoms. The topological polar surface area (TPSA) is 26.3 Å². The van der Waals surface area contributed by atoms with Gasteiger partial charge in [0.2, 0.25) is 6.29 Å². The summed E-state index contributed by atoms with van der Waals surface area (Å²) in [4.78, 5) is 10.8. The Kier molecular flexibility index (Phi) is 4.77. The quantitative estimate of drug-likeness (QED) is 0.756. The molecule has 0 fully saturated rings. The molecule has 1 aromatic rings. The monoisotopic (exact) mass is 217 g/mol. The largest absolute Gasteiger partial charge is 0.496 e. The Morgan fingerprint density at radius 2 is 2.25 bits per heavy atom. The standard InChI is InChI=1S/C14H17O2/c1-4-6-11-7-8-13(12(5-2)10-15)14(9-11)16-3/h4,6-9,12H,5H2,1-3H3. The minimum absolute atomic E-state index is 0.199. The van der Waals surface area contributed by atoms with Crippen LogP contribution in [0.3, 0.4) is 0 Å². The van der Waals surface area contributed by atoms with Crippen LogP contribution in [-0.4, -0.2) is 13.4 Å². The minimum Gasteiger partial charge on any atom is -0.496 e. The van der Waals surface area contributed by atoms with Crippen molar-refractivity contribution in [2.45, 2.75) is 26.2 Å². The first-order chi connectivity index (χ1) is 7.76. The van der Waals surface area contributed by atoms with Crippen LogP contribution < -0.4 is 4.74 Å². The molecule has 1 radical (unpaired) electrons. The van der Waals surface area contributed by atoms with E-state index in [1.54, 1.807) is 7.11 Å². The van der Waals surface area contributed by atoms with Gasteiger partial charge < -0.3 is 4.74 Å². The van der Waals surface area contributed by atoms with Crippen LogP contribution in [0.4, 0.5) is 0 Å². The second-order valence-corrected chi connectivity index (χ2v) is 3.58. The van der Waals surface area contributed by atoms with Crippen molar-refractivity contribution in [2.75, 3.05) is 7.11 Å². The van der Waals surface area contributed by atoms with E-state index in [-0.39, 0.29) is 5.92 Å². The van der Waals surface area contributed by atoms with Crippen molar-refractivity contribution in [2.24, 2.45) is 0 Å². The number of carbonyl (C=O) groups excluding carboxylic acids is 1. The first-order valence-corrected chi connectivity index (χ1v) is 5.45. The maximum atomic E-state index is 10.8. The van der Waals surface area contributed by atoms with Gasteiger partial charge in [0, 0.05) is 5.56 Å². The third-order valence-corrected chi connectivity index (χ3v) is 2.54. The molecular weight excluding hydrogens is 200 g/mol. The van der Waals surface area contributed by atoms with E-state index in [0.717, 1.165) is 23.3 Å². The van der Waals surface area contributed by atoms with Gasteiger partial charge in [-0.25, -0.2) is 0 Å². The van der Waals surface area contributed by atoms with Gasteiger partial charge in [-0.2, -0.15) is 0 Å². The van der Waals surface area contributed by atoms with E-state index in [0.29, 0.717) is 0 Å². The third kappa shape index (κ3) is 2.72. The average molecular weight is 217 g/mol. The molecule has 2 nitrogen and oxygen atoms in total. The summed E-state index contributed by atoms with van der Waals surface area (Å²) in [6.07, 6.45) is 6.75. The van der Waals surface area contributed by atoms with E-state index >= 15 is 0 Å². The molecule has 85 valence electrons. The highest BCUT2D eigenvalue weighted by molar-refractivity contribution is 5.66. The zero-order valence-corrected chi connectivity index (χ0v) is 9.99. The molecule has 0 N–H and O–H groups in total. The van der Waals surface area contributed by atoms with Gasteiger partial charge in [-0.15, -0.1) is 0 Å². The molecule has 1 unspecified atom stereocenters. The maximum Gasteiger partial charge on any atom is 0.206 e. The van der Waals surface area contributed by atoms with Crippen LogP contribution in [-0.2, 0) is 4.79 Å². The van der Waals surface area contributed by atoms with Gasteiger partial charge in [0.15, 0.2) is 0 Å². The molecule has 0 aliphatic carbocycles. The Bertz CT molecular complexity index is 380. The molecule has 0 aliphatic heterocycles. The van der Waals surface area contributed by atoms with Crippen molar-refractivity contribution < 1.29 is 9.53 Å². The van der Waals surface area contributed by atoms with E-state index in [9.17, 15) is 4.79 Å². The molecule has 0 saturated heterocycles. The van der Waals surface area contributed by atoms with E-state index in [4.69, 9.17) is 4.74 Å². The predicted molar refractivity (Wildman–Crippen MR) is 66.4 cm³/mol. The Morgan fingerprint density at radius 1 is 1.50 bits per heavy atom. The van der Waals surface area contributed by atoms with Gasteiger partial charge in [0.25, 0.3) is 0 Å². The van der Waals surface area contributed by atoms with Crippen LogP contribution in [0.2, 0.25) is 0 Å². The second-order valence-electron chi connectivity index (χ2n) is 3.58. The molecule has 1 atom stereocenters. The summed E-state index contributed by atoms with van der Waals surface area (Å²) in [6, 6.07) is 5.86. The summed E-state index contributed by atoms with van der Waals surface area (Å²) in [6.45, 7) is 3.93. The maximum absolute atomic E-state index is 10.8. The molecule has 1 aromatic carbocycles. The summed E-state index contributed by atoms with van der Waals surface area (Å²) in [5.41, 5.74) is 1.98. The number of benzene rings is 1. The molecular formula is C14H17O2.